The van der Waals surface area contributed by atoms with Gasteiger partial charge in [-0.3, -0.25) is 14.6 Å². The molecule has 1 unspecified atom stereocenters. The van der Waals surface area contributed by atoms with Crippen molar-refractivity contribution in [3.05, 3.63) is 54.2 Å². The molecule has 0 spiro atoms. The lowest BCUT2D eigenvalue weighted by Gasteiger charge is -2.20. The minimum Gasteiger partial charge on any atom is -0.477 e. The highest BCUT2D eigenvalue weighted by atomic mass is 16.5. The number of hydrogen-bond donors (Lipinski definition) is 2. The predicted octanol–water partition coefficient (Wildman–Crippen LogP) is 2.00. The SMILES string of the molecule is CCCCOc1ncccc1CNC(=O)C1=NN(c2ccccc2)C(C(N)=O)C1. The molecular weight excluding hydrogens is 370 g/mol. The van der Waals surface area contributed by atoms with Crippen molar-refractivity contribution < 1.29 is 14.3 Å². The lowest BCUT2D eigenvalue weighted by atomic mass is 10.1. The Morgan fingerprint density at radius 3 is 2.76 bits per heavy atom. The Hall–Kier alpha value is -3.42. The normalized spacial score (nSPS) is 15.7. The van der Waals surface area contributed by atoms with Crippen LogP contribution in [0.3, 0.4) is 0 Å². The molecule has 8 heteroatoms. The zero-order valence-electron chi connectivity index (χ0n) is 16.4. The average molecular weight is 395 g/mol. The number of aromatic nitrogens is 1. The van der Waals surface area contributed by atoms with Gasteiger partial charge in [0.05, 0.1) is 12.3 Å². The number of rotatable bonds is 9. The van der Waals surface area contributed by atoms with Crippen molar-refractivity contribution in [2.24, 2.45) is 10.8 Å². The molecule has 1 aliphatic heterocycles. The van der Waals surface area contributed by atoms with Gasteiger partial charge in [0.15, 0.2) is 0 Å². The van der Waals surface area contributed by atoms with Gasteiger partial charge >= 0.3 is 0 Å². The maximum atomic E-state index is 12.7. The zero-order valence-corrected chi connectivity index (χ0v) is 16.4. The topological polar surface area (TPSA) is 110 Å². The summed E-state index contributed by atoms with van der Waals surface area (Å²) in [5.41, 5.74) is 7.27. The minimum absolute atomic E-state index is 0.156. The Balaban J connectivity index is 1.67. The van der Waals surface area contributed by atoms with Crippen LogP contribution in [0.25, 0.3) is 0 Å². The standard InChI is InChI=1S/C21H25N5O3/c1-2-3-12-29-21-15(8-7-11-23-21)14-24-20(28)17-13-18(19(22)27)26(25-17)16-9-5-4-6-10-16/h4-11,18H,2-3,12-14H2,1H3,(H2,22,27)(H,24,28). The molecule has 29 heavy (non-hydrogen) atoms. The molecule has 1 aliphatic rings. The Labute approximate surface area is 169 Å². The van der Waals surface area contributed by atoms with Crippen LogP contribution in [0.4, 0.5) is 5.69 Å². The number of benzene rings is 1. The molecule has 0 fully saturated rings. The summed E-state index contributed by atoms with van der Waals surface area (Å²) in [5, 5.41) is 8.68. The highest BCUT2D eigenvalue weighted by Gasteiger charge is 2.34. The number of nitrogens with one attached hydrogen (secondary N) is 1. The number of unbranched alkanes of at least 4 members (excludes halogenated alkanes) is 1. The van der Waals surface area contributed by atoms with Crippen LogP contribution in [0.2, 0.25) is 0 Å². The van der Waals surface area contributed by atoms with E-state index in [2.05, 4.69) is 22.3 Å². The number of hydrazone groups is 1. The number of nitrogens with zero attached hydrogens (tertiary/aromatic N) is 3. The largest absolute Gasteiger partial charge is 0.477 e. The monoisotopic (exact) mass is 395 g/mol. The third kappa shape index (κ3) is 5.10. The van der Waals surface area contributed by atoms with Crippen molar-refractivity contribution in [3.63, 3.8) is 0 Å². The third-order valence-electron chi connectivity index (χ3n) is 4.55. The molecule has 1 atom stereocenters. The number of primary amides is 1. The second-order valence-corrected chi connectivity index (χ2v) is 6.70. The molecule has 0 saturated heterocycles. The summed E-state index contributed by atoms with van der Waals surface area (Å²) in [7, 11) is 0. The number of carbonyl (C=O) groups is 2. The van der Waals surface area contributed by atoms with Crippen LogP contribution in [0.1, 0.15) is 31.7 Å². The van der Waals surface area contributed by atoms with Crippen molar-refractivity contribution in [1.82, 2.24) is 10.3 Å². The van der Waals surface area contributed by atoms with Gasteiger partial charge in [-0.15, -0.1) is 0 Å². The molecule has 0 aliphatic carbocycles. The van der Waals surface area contributed by atoms with Gasteiger partial charge < -0.3 is 15.8 Å². The van der Waals surface area contributed by atoms with Gasteiger partial charge in [-0.25, -0.2) is 4.98 Å². The van der Waals surface area contributed by atoms with E-state index in [1.807, 2.05) is 36.4 Å². The highest BCUT2D eigenvalue weighted by molar-refractivity contribution is 6.40. The van der Waals surface area contributed by atoms with Crippen LogP contribution in [0.5, 0.6) is 5.88 Å². The van der Waals surface area contributed by atoms with Gasteiger partial charge in [0, 0.05) is 24.7 Å². The van der Waals surface area contributed by atoms with Gasteiger partial charge in [-0.1, -0.05) is 37.6 Å². The second kappa shape index (κ2) is 9.68. The second-order valence-electron chi connectivity index (χ2n) is 6.70. The Kier molecular flexibility index (Phi) is 6.78. The molecule has 0 bridgehead atoms. The smallest absolute Gasteiger partial charge is 0.267 e. The van der Waals surface area contributed by atoms with E-state index in [0.717, 1.165) is 18.4 Å². The van der Waals surface area contributed by atoms with E-state index in [4.69, 9.17) is 10.5 Å². The fraction of sp³-hybridized carbons (Fsp3) is 0.333. The first kappa shape index (κ1) is 20.3. The number of nitrogens with two attached hydrogens (primary N) is 1. The molecule has 1 aromatic carbocycles. The third-order valence-corrected chi connectivity index (χ3v) is 4.55. The number of para-hydroxylation sites is 1. The van der Waals surface area contributed by atoms with Crippen LogP contribution < -0.4 is 20.8 Å². The molecular formula is C21H25N5O3. The number of amides is 2. The summed E-state index contributed by atoms with van der Waals surface area (Å²) in [4.78, 5) is 28.7. The van der Waals surface area contributed by atoms with E-state index in [-0.39, 0.29) is 24.6 Å². The first-order valence-electron chi connectivity index (χ1n) is 9.66. The van der Waals surface area contributed by atoms with E-state index >= 15 is 0 Å². The molecule has 0 radical (unpaired) electrons. The molecule has 2 amide bonds. The summed E-state index contributed by atoms with van der Waals surface area (Å²) in [6.07, 6.45) is 3.77. The summed E-state index contributed by atoms with van der Waals surface area (Å²) in [5.74, 6) is -0.368. The molecule has 2 heterocycles. The van der Waals surface area contributed by atoms with Gasteiger partial charge in [-0.2, -0.15) is 5.10 Å². The molecule has 3 N–H and O–H groups in total. The van der Waals surface area contributed by atoms with Crippen LogP contribution in [-0.4, -0.2) is 35.2 Å². The molecule has 2 aromatic rings. The van der Waals surface area contributed by atoms with Crippen molar-refractivity contribution >= 4 is 23.2 Å². The lowest BCUT2D eigenvalue weighted by molar-refractivity contribution is -0.119. The Morgan fingerprint density at radius 2 is 2.03 bits per heavy atom. The molecule has 152 valence electrons. The molecule has 1 aromatic heterocycles. The number of hydrogen-bond acceptors (Lipinski definition) is 6. The first-order valence-corrected chi connectivity index (χ1v) is 9.66. The summed E-state index contributed by atoms with van der Waals surface area (Å²) >= 11 is 0. The summed E-state index contributed by atoms with van der Waals surface area (Å²) in [6, 6.07) is 12.1. The average Bonchev–Trinajstić information content (AvgIpc) is 3.20. The van der Waals surface area contributed by atoms with Crippen molar-refractivity contribution in [1.29, 1.82) is 0 Å². The molecule has 8 nitrogen and oxygen atoms in total. The summed E-state index contributed by atoms with van der Waals surface area (Å²) < 4.78 is 5.70. The lowest BCUT2D eigenvalue weighted by Crippen LogP contribution is -2.39. The van der Waals surface area contributed by atoms with E-state index in [1.165, 1.54) is 5.01 Å². The van der Waals surface area contributed by atoms with Crippen LogP contribution in [-0.2, 0) is 16.1 Å². The fourth-order valence-corrected chi connectivity index (χ4v) is 2.97. The van der Waals surface area contributed by atoms with Crippen LogP contribution in [0.15, 0.2) is 53.8 Å². The highest BCUT2D eigenvalue weighted by Crippen LogP contribution is 2.24. The van der Waals surface area contributed by atoms with Crippen LogP contribution in [0, 0.1) is 0 Å². The number of pyridine rings is 1. The maximum absolute atomic E-state index is 12.7. The van der Waals surface area contributed by atoms with E-state index in [0.29, 0.717) is 18.2 Å². The molecule has 3 rings (SSSR count). The van der Waals surface area contributed by atoms with Crippen molar-refractivity contribution in [2.45, 2.75) is 38.8 Å². The van der Waals surface area contributed by atoms with E-state index in [9.17, 15) is 9.59 Å². The Bertz CT molecular complexity index is 885. The van der Waals surface area contributed by atoms with Crippen molar-refractivity contribution in [2.75, 3.05) is 11.6 Å². The van der Waals surface area contributed by atoms with E-state index < -0.39 is 11.9 Å². The quantitative estimate of drug-likeness (QED) is 0.631. The summed E-state index contributed by atoms with van der Waals surface area (Å²) in [6.45, 7) is 2.91. The van der Waals surface area contributed by atoms with Gasteiger partial charge in [0.25, 0.3) is 5.91 Å². The predicted molar refractivity (Wildman–Crippen MR) is 110 cm³/mol. The number of carbonyl (C=O) groups excluding carboxylic acids is 2. The zero-order chi connectivity index (χ0) is 20.6. The maximum Gasteiger partial charge on any atom is 0.267 e. The molecule has 0 saturated carbocycles. The van der Waals surface area contributed by atoms with Gasteiger partial charge in [0.2, 0.25) is 11.8 Å². The Morgan fingerprint density at radius 1 is 1.24 bits per heavy atom. The van der Waals surface area contributed by atoms with Gasteiger partial charge in [-0.05, 0) is 24.6 Å². The minimum atomic E-state index is -0.690. The number of ether oxygens (including phenoxy) is 1. The van der Waals surface area contributed by atoms with Gasteiger partial charge in [0.1, 0.15) is 11.8 Å². The van der Waals surface area contributed by atoms with Crippen molar-refractivity contribution in [3.8, 4) is 5.88 Å². The fourth-order valence-electron chi connectivity index (χ4n) is 2.97. The first-order chi connectivity index (χ1) is 14.1. The van der Waals surface area contributed by atoms with E-state index in [1.54, 1.807) is 12.3 Å². The number of anilines is 1. The van der Waals surface area contributed by atoms with Crippen LogP contribution >= 0.6 is 0 Å².